The molecular weight excluding hydrogens is 328 g/mol. The Morgan fingerprint density at radius 2 is 2.12 bits per heavy atom. The van der Waals surface area contributed by atoms with Crippen molar-refractivity contribution in [1.82, 2.24) is 9.88 Å². The SMILES string of the molecule is CO[C@@]1(COc2ccccc2C)CCN(C(=O)CCc2cccnc2)C1. The Kier molecular flexibility index (Phi) is 5.89. The van der Waals surface area contributed by atoms with E-state index in [0.29, 0.717) is 32.5 Å². The smallest absolute Gasteiger partial charge is 0.223 e. The van der Waals surface area contributed by atoms with Gasteiger partial charge in [-0.3, -0.25) is 9.78 Å². The third-order valence-corrected chi connectivity index (χ3v) is 5.04. The predicted octanol–water partition coefficient (Wildman–Crippen LogP) is 3.02. The molecule has 0 aliphatic carbocycles. The molecule has 3 rings (SSSR count). The minimum absolute atomic E-state index is 0.156. The number of methoxy groups -OCH3 is 1. The van der Waals surface area contributed by atoms with E-state index in [9.17, 15) is 4.79 Å². The van der Waals surface area contributed by atoms with Crippen molar-refractivity contribution in [3.63, 3.8) is 0 Å². The Labute approximate surface area is 155 Å². The second-order valence-corrected chi connectivity index (χ2v) is 6.87. The number of hydrogen-bond donors (Lipinski definition) is 0. The summed E-state index contributed by atoms with van der Waals surface area (Å²) in [6.07, 6.45) is 5.54. The quantitative estimate of drug-likeness (QED) is 0.767. The third-order valence-electron chi connectivity index (χ3n) is 5.04. The standard InChI is InChI=1S/C21H26N2O3/c1-17-6-3-4-8-19(17)26-16-21(25-2)11-13-23(15-21)20(24)10-9-18-7-5-12-22-14-18/h3-8,12,14H,9-11,13,15-16H2,1-2H3/t21-/m0/s1. The number of nitrogens with zero attached hydrogens (tertiary/aromatic N) is 2. The minimum Gasteiger partial charge on any atom is -0.490 e. The lowest BCUT2D eigenvalue weighted by molar-refractivity contribution is -0.131. The lowest BCUT2D eigenvalue weighted by atomic mass is 10.0. The van der Waals surface area contributed by atoms with Crippen LogP contribution in [-0.4, -0.2) is 48.2 Å². The van der Waals surface area contributed by atoms with Crippen LogP contribution in [0, 0.1) is 6.92 Å². The normalized spacial score (nSPS) is 19.5. The zero-order chi connectivity index (χ0) is 18.4. The van der Waals surface area contributed by atoms with E-state index in [-0.39, 0.29) is 5.91 Å². The number of para-hydroxylation sites is 1. The molecule has 2 aromatic rings. The van der Waals surface area contributed by atoms with E-state index in [2.05, 4.69) is 4.98 Å². The maximum absolute atomic E-state index is 12.6. The summed E-state index contributed by atoms with van der Waals surface area (Å²) in [7, 11) is 1.70. The molecular formula is C21H26N2O3. The van der Waals surface area contributed by atoms with E-state index in [1.54, 1.807) is 13.3 Å². The molecule has 26 heavy (non-hydrogen) atoms. The number of aromatic nitrogens is 1. The second kappa shape index (κ2) is 8.32. The number of carbonyl (C=O) groups is 1. The van der Waals surface area contributed by atoms with Crippen LogP contribution >= 0.6 is 0 Å². The molecule has 0 unspecified atom stereocenters. The zero-order valence-electron chi connectivity index (χ0n) is 15.5. The van der Waals surface area contributed by atoms with Crippen LogP contribution in [0.3, 0.4) is 0 Å². The summed E-state index contributed by atoms with van der Waals surface area (Å²) in [5.74, 6) is 1.02. The van der Waals surface area contributed by atoms with Crippen molar-refractivity contribution in [3.8, 4) is 5.75 Å². The van der Waals surface area contributed by atoms with E-state index in [1.807, 2.05) is 54.4 Å². The van der Waals surface area contributed by atoms with Crippen molar-refractivity contribution >= 4 is 5.91 Å². The molecule has 1 atom stereocenters. The van der Waals surface area contributed by atoms with Gasteiger partial charge in [0.25, 0.3) is 0 Å². The number of benzene rings is 1. The number of likely N-dealkylation sites (tertiary alicyclic amines) is 1. The highest BCUT2D eigenvalue weighted by molar-refractivity contribution is 5.77. The van der Waals surface area contributed by atoms with Gasteiger partial charge < -0.3 is 14.4 Å². The second-order valence-electron chi connectivity index (χ2n) is 6.87. The van der Waals surface area contributed by atoms with Gasteiger partial charge in [0.05, 0.1) is 6.54 Å². The van der Waals surface area contributed by atoms with Gasteiger partial charge in [0.15, 0.2) is 0 Å². The summed E-state index contributed by atoms with van der Waals surface area (Å²) < 4.78 is 11.8. The molecule has 1 aliphatic rings. The van der Waals surface area contributed by atoms with Gasteiger partial charge >= 0.3 is 0 Å². The van der Waals surface area contributed by atoms with Crippen LogP contribution in [0.25, 0.3) is 0 Å². The number of amides is 1. The van der Waals surface area contributed by atoms with Gasteiger partial charge in [0.2, 0.25) is 5.91 Å². The Hall–Kier alpha value is -2.40. The molecule has 0 bridgehead atoms. The molecule has 0 saturated carbocycles. The van der Waals surface area contributed by atoms with E-state index < -0.39 is 5.60 Å². The third kappa shape index (κ3) is 4.41. The van der Waals surface area contributed by atoms with E-state index in [1.165, 1.54) is 0 Å². The molecule has 1 amide bonds. The van der Waals surface area contributed by atoms with Crippen molar-refractivity contribution in [2.24, 2.45) is 0 Å². The van der Waals surface area contributed by atoms with Gasteiger partial charge in [-0.15, -0.1) is 0 Å². The van der Waals surface area contributed by atoms with Crippen LogP contribution in [0.15, 0.2) is 48.8 Å². The fourth-order valence-electron chi connectivity index (χ4n) is 3.28. The summed E-state index contributed by atoms with van der Waals surface area (Å²) >= 11 is 0. The van der Waals surface area contributed by atoms with Crippen molar-refractivity contribution < 1.29 is 14.3 Å². The van der Waals surface area contributed by atoms with E-state index in [4.69, 9.17) is 9.47 Å². The number of aryl methyl sites for hydroxylation is 2. The summed E-state index contributed by atoms with van der Waals surface area (Å²) in [5, 5.41) is 0. The Morgan fingerprint density at radius 1 is 1.27 bits per heavy atom. The molecule has 5 heteroatoms. The Morgan fingerprint density at radius 3 is 2.85 bits per heavy atom. The summed E-state index contributed by atoms with van der Waals surface area (Å²) in [5.41, 5.74) is 1.74. The van der Waals surface area contributed by atoms with E-state index in [0.717, 1.165) is 23.3 Å². The van der Waals surface area contributed by atoms with Crippen LogP contribution in [0.4, 0.5) is 0 Å². The van der Waals surface area contributed by atoms with Crippen molar-refractivity contribution in [1.29, 1.82) is 0 Å². The highest BCUT2D eigenvalue weighted by Gasteiger charge is 2.41. The lowest BCUT2D eigenvalue weighted by Gasteiger charge is -2.28. The first-order valence-corrected chi connectivity index (χ1v) is 9.02. The van der Waals surface area contributed by atoms with Crippen LogP contribution in [0.2, 0.25) is 0 Å². The molecule has 1 fully saturated rings. The first-order valence-electron chi connectivity index (χ1n) is 9.02. The maximum Gasteiger partial charge on any atom is 0.223 e. The lowest BCUT2D eigenvalue weighted by Crippen LogP contribution is -2.42. The monoisotopic (exact) mass is 354 g/mol. The average Bonchev–Trinajstić information content (AvgIpc) is 3.11. The zero-order valence-corrected chi connectivity index (χ0v) is 15.5. The largest absolute Gasteiger partial charge is 0.490 e. The predicted molar refractivity (Wildman–Crippen MR) is 100 cm³/mol. The van der Waals surface area contributed by atoms with Crippen molar-refractivity contribution in [2.45, 2.75) is 31.8 Å². The molecule has 138 valence electrons. The molecule has 1 aliphatic heterocycles. The van der Waals surface area contributed by atoms with Gasteiger partial charge in [0.1, 0.15) is 18.0 Å². The Bertz CT molecular complexity index is 735. The molecule has 0 N–H and O–H groups in total. The van der Waals surface area contributed by atoms with Crippen LogP contribution in [0.1, 0.15) is 24.0 Å². The van der Waals surface area contributed by atoms with Crippen LogP contribution < -0.4 is 4.74 Å². The van der Waals surface area contributed by atoms with Gasteiger partial charge in [-0.25, -0.2) is 0 Å². The van der Waals surface area contributed by atoms with Gasteiger partial charge in [0, 0.05) is 32.5 Å². The van der Waals surface area contributed by atoms with Gasteiger partial charge in [-0.1, -0.05) is 24.3 Å². The fourth-order valence-corrected chi connectivity index (χ4v) is 3.28. The highest BCUT2D eigenvalue weighted by Crippen LogP contribution is 2.28. The van der Waals surface area contributed by atoms with E-state index >= 15 is 0 Å². The Balaban J connectivity index is 1.54. The van der Waals surface area contributed by atoms with Crippen molar-refractivity contribution in [3.05, 3.63) is 59.9 Å². The topological polar surface area (TPSA) is 51.7 Å². The number of rotatable bonds is 7. The average molecular weight is 354 g/mol. The van der Waals surface area contributed by atoms with Gasteiger partial charge in [-0.05, 0) is 43.0 Å². The summed E-state index contributed by atoms with van der Waals surface area (Å²) in [6, 6.07) is 11.8. The number of hydrogen-bond acceptors (Lipinski definition) is 4. The molecule has 0 radical (unpaired) electrons. The first kappa shape index (κ1) is 18.4. The molecule has 2 heterocycles. The molecule has 5 nitrogen and oxygen atoms in total. The fraction of sp³-hybridized carbons (Fsp3) is 0.429. The van der Waals surface area contributed by atoms with Crippen LogP contribution in [0.5, 0.6) is 5.75 Å². The molecule has 1 aromatic heterocycles. The summed E-state index contributed by atoms with van der Waals surface area (Å²) in [4.78, 5) is 18.5. The minimum atomic E-state index is -0.438. The number of pyridine rings is 1. The maximum atomic E-state index is 12.6. The highest BCUT2D eigenvalue weighted by atomic mass is 16.5. The van der Waals surface area contributed by atoms with Crippen LogP contribution in [-0.2, 0) is 16.0 Å². The van der Waals surface area contributed by atoms with Crippen molar-refractivity contribution in [2.75, 3.05) is 26.8 Å². The number of ether oxygens (including phenoxy) is 2. The molecule has 0 spiro atoms. The van der Waals surface area contributed by atoms with Gasteiger partial charge in [-0.2, -0.15) is 0 Å². The number of carbonyl (C=O) groups excluding carboxylic acids is 1. The molecule has 1 saturated heterocycles. The molecule has 1 aromatic carbocycles. The summed E-state index contributed by atoms with van der Waals surface area (Å²) in [6.45, 7) is 3.75. The first-order chi connectivity index (χ1) is 12.6.